The number of methoxy groups -OCH3 is 1. The zero-order valence-electron chi connectivity index (χ0n) is 19.5. The molecule has 0 unspecified atom stereocenters. The fourth-order valence-electron chi connectivity index (χ4n) is 5.05. The van der Waals surface area contributed by atoms with Gasteiger partial charge in [0.15, 0.2) is 11.5 Å². The number of H-pyrrole nitrogens is 2. The number of aromatic amines is 2. The van der Waals surface area contributed by atoms with Crippen molar-refractivity contribution in [3.05, 3.63) is 101 Å². The van der Waals surface area contributed by atoms with Gasteiger partial charge in [-0.2, -0.15) is 5.10 Å². The molecule has 0 fully saturated rings. The Balaban J connectivity index is 1.43. The summed E-state index contributed by atoms with van der Waals surface area (Å²) >= 11 is 0. The van der Waals surface area contributed by atoms with Crippen molar-refractivity contribution >= 4 is 16.8 Å². The van der Waals surface area contributed by atoms with Crippen LogP contribution in [-0.2, 0) is 6.42 Å². The van der Waals surface area contributed by atoms with Crippen molar-refractivity contribution < 1.29 is 19.0 Å². The van der Waals surface area contributed by atoms with Gasteiger partial charge in [-0.15, -0.1) is 0 Å². The number of amides is 1. The van der Waals surface area contributed by atoms with Crippen molar-refractivity contribution in [1.29, 1.82) is 0 Å². The van der Waals surface area contributed by atoms with Crippen LogP contribution in [0.2, 0.25) is 0 Å². The van der Waals surface area contributed by atoms with E-state index in [0.29, 0.717) is 35.7 Å². The minimum absolute atomic E-state index is 0.0158. The Morgan fingerprint density at radius 3 is 2.72 bits per heavy atom. The van der Waals surface area contributed by atoms with Crippen molar-refractivity contribution in [1.82, 2.24) is 20.1 Å². The van der Waals surface area contributed by atoms with E-state index in [1.807, 2.05) is 29.3 Å². The van der Waals surface area contributed by atoms with Crippen LogP contribution in [0.5, 0.6) is 11.5 Å². The molecule has 3 aromatic carbocycles. The topological polar surface area (TPSA) is 94.2 Å². The molecule has 8 heteroatoms. The first-order valence-electron chi connectivity index (χ1n) is 11.6. The summed E-state index contributed by atoms with van der Waals surface area (Å²) in [5, 5.41) is 18.6. The van der Waals surface area contributed by atoms with Gasteiger partial charge in [-0.1, -0.05) is 24.3 Å². The highest BCUT2D eigenvalue weighted by Gasteiger charge is 2.42. The number of nitrogens with zero attached hydrogens (tertiary/aromatic N) is 2. The van der Waals surface area contributed by atoms with Gasteiger partial charge in [0, 0.05) is 34.8 Å². The number of phenolic OH excluding ortho intramolecular Hbond substituents is 1. The van der Waals surface area contributed by atoms with E-state index < -0.39 is 6.04 Å². The van der Waals surface area contributed by atoms with Crippen LogP contribution in [-0.4, -0.2) is 44.7 Å². The molecule has 1 aliphatic heterocycles. The van der Waals surface area contributed by atoms with E-state index in [9.17, 15) is 14.3 Å². The van der Waals surface area contributed by atoms with E-state index in [4.69, 9.17) is 4.74 Å². The lowest BCUT2D eigenvalue weighted by Gasteiger charge is -2.27. The molecule has 180 valence electrons. The zero-order valence-corrected chi connectivity index (χ0v) is 19.5. The number of carbonyl (C=O) groups excluding carboxylic acids is 1. The highest BCUT2D eigenvalue weighted by Crippen LogP contribution is 2.44. The summed E-state index contributed by atoms with van der Waals surface area (Å²) in [7, 11) is 1.49. The molecule has 0 spiro atoms. The molecule has 0 saturated carbocycles. The van der Waals surface area contributed by atoms with Gasteiger partial charge in [0.1, 0.15) is 11.5 Å². The summed E-state index contributed by atoms with van der Waals surface area (Å²) < 4.78 is 19.0. The summed E-state index contributed by atoms with van der Waals surface area (Å²) in [6, 6.07) is 18.7. The summed E-state index contributed by atoms with van der Waals surface area (Å²) in [4.78, 5) is 18.7. The van der Waals surface area contributed by atoms with Crippen LogP contribution in [0, 0.1) is 5.82 Å². The normalized spacial score (nSPS) is 15.0. The number of hydrogen-bond donors (Lipinski definition) is 3. The molecular formula is C28H23FN4O3. The number of aromatic nitrogens is 3. The van der Waals surface area contributed by atoms with Crippen LogP contribution < -0.4 is 4.74 Å². The van der Waals surface area contributed by atoms with E-state index in [-0.39, 0.29) is 17.5 Å². The Labute approximate surface area is 206 Å². The summed E-state index contributed by atoms with van der Waals surface area (Å²) in [6.45, 7) is 0.458. The number of phenols is 1. The van der Waals surface area contributed by atoms with Gasteiger partial charge in [0.05, 0.1) is 18.8 Å². The van der Waals surface area contributed by atoms with E-state index in [0.717, 1.165) is 27.6 Å². The highest BCUT2D eigenvalue weighted by molar-refractivity contribution is 6.00. The molecule has 0 aliphatic carbocycles. The number of fused-ring (bicyclic) bond motifs is 2. The van der Waals surface area contributed by atoms with Crippen LogP contribution in [0.15, 0.2) is 72.9 Å². The van der Waals surface area contributed by atoms with Crippen LogP contribution in [0.4, 0.5) is 4.39 Å². The van der Waals surface area contributed by atoms with E-state index >= 15 is 0 Å². The molecule has 1 amide bonds. The predicted octanol–water partition coefficient (Wildman–Crippen LogP) is 5.20. The standard InChI is InChI=1S/C28H23FN4O3/c1-36-23-14-17(8-11-22(23)34)27-24-25(16-6-9-19(29)10-7-16)31-32-26(24)28(35)33(27)13-12-18-15-30-21-5-3-2-4-20(18)21/h2-11,14-15,27,30,34H,12-13H2,1H3,(H,31,32)/t27-/m0/s1. The summed E-state index contributed by atoms with van der Waals surface area (Å²) in [5.74, 6) is -0.177. The average Bonchev–Trinajstić information content (AvgIpc) is 3.58. The number of carbonyl (C=O) groups is 1. The lowest BCUT2D eigenvalue weighted by Crippen LogP contribution is -2.31. The second kappa shape index (κ2) is 8.57. The largest absolute Gasteiger partial charge is 0.504 e. The number of rotatable bonds is 6. The first-order valence-corrected chi connectivity index (χ1v) is 11.6. The third-order valence-corrected chi connectivity index (χ3v) is 6.80. The maximum atomic E-state index is 13.6. The van der Waals surface area contributed by atoms with Crippen molar-refractivity contribution in [2.75, 3.05) is 13.7 Å². The third-order valence-electron chi connectivity index (χ3n) is 6.80. The van der Waals surface area contributed by atoms with Gasteiger partial charge in [-0.3, -0.25) is 9.89 Å². The fourth-order valence-corrected chi connectivity index (χ4v) is 5.05. The van der Waals surface area contributed by atoms with Crippen molar-refractivity contribution in [2.45, 2.75) is 12.5 Å². The van der Waals surface area contributed by atoms with Crippen molar-refractivity contribution in [3.63, 3.8) is 0 Å². The number of ether oxygens (including phenoxy) is 1. The minimum atomic E-state index is -0.467. The minimum Gasteiger partial charge on any atom is -0.504 e. The molecule has 2 aromatic heterocycles. The smallest absolute Gasteiger partial charge is 0.273 e. The van der Waals surface area contributed by atoms with E-state index in [1.165, 1.54) is 19.2 Å². The third kappa shape index (κ3) is 3.50. The van der Waals surface area contributed by atoms with Crippen LogP contribution in [0.1, 0.15) is 33.2 Å². The van der Waals surface area contributed by atoms with E-state index in [2.05, 4.69) is 21.2 Å². The first kappa shape index (κ1) is 21.9. The second-order valence-corrected chi connectivity index (χ2v) is 8.81. The number of aromatic hydroxyl groups is 1. The van der Waals surface area contributed by atoms with Gasteiger partial charge in [0.25, 0.3) is 5.91 Å². The molecule has 1 atom stereocenters. The van der Waals surface area contributed by atoms with Gasteiger partial charge in [-0.25, -0.2) is 4.39 Å². The molecular weight excluding hydrogens is 459 g/mol. The number of para-hydroxylation sites is 1. The molecule has 7 nitrogen and oxygen atoms in total. The summed E-state index contributed by atoms with van der Waals surface area (Å²) in [6.07, 6.45) is 2.62. The number of halogens is 1. The molecule has 1 aliphatic rings. The molecule has 3 N–H and O–H groups in total. The molecule has 36 heavy (non-hydrogen) atoms. The first-order chi connectivity index (χ1) is 17.5. The lowest BCUT2D eigenvalue weighted by molar-refractivity contribution is 0.0746. The molecule has 6 rings (SSSR count). The van der Waals surface area contributed by atoms with Gasteiger partial charge in [-0.05, 0) is 60.0 Å². The number of benzene rings is 3. The quantitative estimate of drug-likeness (QED) is 0.310. The van der Waals surface area contributed by atoms with Crippen molar-refractivity contribution in [3.8, 4) is 22.8 Å². The SMILES string of the molecule is COc1cc([C@H]2c3c(-c4ccc(F)cc4)n[nH]c3C(=O)N2CCc2c[nH]c3ccccc23)ccc1O. The second-order valence-electron chi connectivity index (χ2n) is 8.81. The molecule has 0 saturated heterocycles. The lowest BCUT2D eigenvalue weighted by atomic mass is 9.95. The Morgan fingerprint density at radius 1 is 1.11 bits per heavy atom. The van der Waals surface area contributed by atoms with Crippen LogP contribution in [0.25, 0.3) is 22.2 Å². The fraction of sp³-hybridized carbons (Fsp3) is 0.143. The predicted molar refractivity (Wildman–Crippen MR) is 134 cm³/mol. The number of hydrogen-bond acceptors (Lipinski definition) is 4. The maximum absolute atomic E-state index is 13.6. The Bertz CT molecular complexity index is 1590. The zero-order chi connectivity index (χ0) is 24.8. The molecule has 0 radical (unpaired) electrons. The molecule has 3 heterocycles. The van der Waals surface area contributed by atoms with Crippen molar-refractivity contribution in [2.24, 2.45) is 0 Å². The van der Waals surface area contributed by atoms with Gasteiger partial charge in [0.2, 0.25) is 0 Å². The van der Waals surface area contributed by atoms with Gasteiger partial charge >= 0.3 is 0 Å². The summed E-state index contributed by atoms with van der Waals surface area (Å²) in [5.41, 5.74) is 5.37. The number of nitrogens with one attached hydrogen (secondary N) is 2. The Kier molecular flexibility index (Phi) is 5.21. The highest BCUT2D eigenvalue weighted by atomic mass is 19.1. The van der Waals surface area contributed by atoms with Gasteiger partial charge < -0.3 is 19.7 Å². The maximum Gasteiger partial charge on any atom is 0.273 e. The molecule has 5 aromatic rings. The molecule has 0 bridgehead atoms. The monoisotopic (exact) mass is 482 g/mol. The van der Waals surface area contributed by atoms with Crippen LogP contribution >= 0.6 is 0 Å². The Morgan fingerprint density at radius 2 is 1.92 bits per heavy atom. The van der Waals surface area contributed by atoms with E-state index in [1.54, 1.807) is 30.3 Å². The van der Waals surface area contributed by atoms with Crippen LogP contribution in [0.3, 0.4) is 0 Å². The Hall–Kier alpha value is -4.59. The average molecular weight is 483 g/mol.